The average Bonchev–Trinajstić information content (AvgIpc) is 2.99. The van der Waals surface area contributed by atoms with E-state index in [-0.39, 0.29) is 11.4 Å². The number of aromatic hydroxyl groups is 1. The standard InChI is InChI=1S/C24H28N2O4/c1-3-17-13-21-18(14-24(28)30-23(21)15-22(17)27)16-25-9-4-10-26(12-11-25)19-5-7-20(29-2)8-6-19/h5-8,13-15,27H,3-4,9-12,16H2,1-2H3. The number of hydrogen-bond donors (Lipinski definition) is 1. The molecule has 1 aliphatic rings. The van der Waals surface area contributed by atoms with Gasteiger partial charge in [0.25, 0.3) is 0 Å². The summed E-state index contributed by atoms with van der Waals surface area (Å²) in [7, 11) is 1.68. The van der Waals surface area contributed by atoms with E-state index >= 15 is 0 Å². The zero-order valence-electron chi connectivity index (χ0n) is 17.6. The lowest BCUT2D eigenvalue weighted by molar-refractivity contribution is 0.286. The summed E-state index contributed by atoms with van der Waals surface area (Å²) in [4.78, 5) is 16.9. The van der Waals surface area contributed by atoms with Crippen molar-refractivity contribution in [3.05, 3.63) is 64.0 Å². The summed E-state index contributed by atoms with van der Waals surface area (Å²) in [5.41, 5.74) is 3.08. The zero-order chi connectivity index (χ0) is 21.1. The van der Waals surface area contributed by atoms with E-state index in [1.54, 1.807) is 19.2 Å². The van der Waals surface area contributed by atoms with Crippen LogP contribution in [0.4, 0.5) is 5.69 Å². The third-order valence-corrected chi connectivity index (χ3v) is 5.83. The molecule has 0 radical (unpaired) electrons. The number of benzene rings is 2. The Kier molecular flexibility index (Phi) is 5.95. The van der Waals surface area contributed by atoms with Crippen molar-refractivity contribution in [3.8, 4) is 11.5 Å². The number of phenolic OH excluding ortho intramolecular Hbond substituents is 1. The zero-order valence-corrected chi connectivity index (χ0v) is 17.6. The van der Waals surface area contributed by atoms with Crippen LogP contribution in [0.2, 0.25) is 0 Å². The number of ether oxygens (including phenoxy) is 1. The maximum Gasteiger partial charge on any atom is 0.336 e. The Balaban J connectivity index is 1.53. The highest BCUT2D eigenvalue weighted by Gasteiger charge is 2.18. The van der Waals surface area contributed by atoms with Gasteiger partial charge in [0.15, 0.2) is 0 Å². The average molecular weight is 408 g/mol. The number of methoxy groups -OCH3 is 1. The van der Waals surface area contributed by atoms with Crippen molar-refractivity contribution in [2.24, 2.45) is 0 Å². The molecule has 1 saturated heterocycles. The van der Waals surface area contributed by atoms with Gasteiger partial charge in [0.1, 0.15) is 17.1 Å². The van der Waals surface area contributed by atoms with Crippen molar-refractivity contribution in [2.45, 2.75) is 26.3 Å². The van der Waals surface area contributed by atoms with Crippen LogP contribution in [0.15, 0.2) is 51.7 Å². The number of hydrogen-bond acceptors (Lipinski definition) is 6. The Morgan fingerprint density at radius 3 is 2.57 bits per heavy atom. The van der Waals surface area contributed by atoms with E-state index in [0.29, 0.717) is 12.1 Å². The molecule has 0 saturated carbocycles. The van der Waals surface area contributed by atoms with Crippen LogP contribution in [-0.2, 0) is 13.0 Å². The molecule has 1 N–H and O–H groups in total. The molecular weight excluding hydrogens is 380 g/mol. The number of anilines is 1. The van der Waals surface area contributed by atoms with Gasteiger partial charge in [0.2, 0.25) is 0 Å². The van der Waals surface area contributed by atoms with E-state index in [4.69, 9.17) is 9.15 Å². The van der Waals surface area contributed by atoms with Gasteiger partial charge in [-0.2, -0.15) is 0 Å². The molecule has 0 spiro atoms. The highest BCUT2D eigenvalue weighted by molar-refractivity contribution is 5.82. The van der Waals surface area contributed by atoms with Gasteiger partial charge >= 0.3 is 5.63 Å². The number of rotatable bonds is 5. The van der Waals surface area contributed by atoms with Crippen LogP contribution in [0.3, 0.4) is 0 Å². The molecule has 4 rings (SSSR count). The van der Waals surface area contributed by atoms with Gasteiger partial charge in [-0.3, -0.25) is 4.90 Å². The first-order valence-corrected chi connectivity index (χ1v) is 10.5. The predicted molar refractivity (Wildman–Crippen MR) is 119 cm³/mol. The molecule has 1 aromatic heterocycles. The van der Waals surface area contributed by atoms with Gasteiger partial charge in [0.05, 0.1) is 7.11 Å². The molecule has 6 nitrogen and oxygen atoms in total. The van der Waals surface area contributed by atoms with Crippen molar-refractivity contribution in [2.75, 3.05) is 38.2 Å². The Hall–Kier alpha value is -2.99. The van der Waals surface area contributed by atoms with E-state index in [2.05, 4.69) is 21.9 Å². The number of nitrogens with zero attached hydrogens (tertiary/aromatic N) is 2. The van der Waals surface area contributed by atoms with E-state index in [1.807, 2.05) is 25.1 Å². The Labute approximate surface area is 176 Å². The first-order chi connectivity index (χ1) is 14.6. The Morgan fingerprint density at radius 2 is 1.83 bits per heavy atom. The number of fused-ring (bicyclic) bond motifs is 1. The van der Waals surface area contributed by atoms with Crippen LogP contribution in [0.5, 0.6) is 11.5 Å². The van der Waals surface area contributed by atoms with E-state index in [1.165, 1.54) is 5.69 Å². The van der Waals surface area contributed by atoms with Crippen LogP contribution in [0.25, 0.3) is 11.0 Å². The molecule has 30 heavy (non-hydrogen) atoms. The van der Waals surface area contributed by atoms with E-state index in [0.717, 1.165) is 61.3 Å². The fourth-order valence-electron chi connectivity index (χ4n) is 4.14. The molecule has 0 amide bonds. The minimum absolute atomic E-state index is 0.176. The second-order valence-electron chi connectivity index (χ2n) is 7.74. The molecule has 0 bridgehead atoms. The second kappa shape index (κ2) is 8.79. The lowest BCUT2D eigenvalue weighted by Gasteiger charge is -2.24. The highest BCUT2D eigenvalue weighted by atomic mass is 16.5. The van der Waals surface area contributed by atoms with Crippen molar-refractivity contribution in [1.29, 1.82) is 0 Å². The monoisotopic (exact) mass is 408 g/mol. The van der Waals surface area contributed by atoms with Crippen LogP contribution in [0.1, 0.15) is 24.5 Å². The van der Waals surface area contributed by atoms with Gasteiger partial charge in [-0.15, -0.1) is 0 Å². The lowest BCUT2D eigenvalue weighted by Crippen LogP contribution is -2.30. The quantitative estimate of drug-likeness (QED) is 0.648. The molecule has 0 atom stereocenters. The SMILES string of the molecule is CCc1cc2c(CN3CCCN(c4ccc(OC)cc4)CC3)cc(=O)oc2cc1O. The van der Waals surface area contributed by atoms with Gasteiger partial charge < -0.3 is 19.2 Å². The smallest absolute Gasteiger partial charge is 0.336 e. The van der Waals surface area contributed by atoms with Gasteiger partial charge in [-0.05, 0) is 54.3 Å². The molecule has 6 heteroatoms. The largest absolute Gasteiger partial charge is 0.508 e. The highest BCUT2D eigenvalue weighted by Crippen LogP contribution is 2.28. The molecule has 2 heterocycles. The van der Waals surface area contributed by atoms with Gasteiger partial charge in [0, 0.05) is 55.9 Å². The summed E-state index contributed by atoms with van der Waals surface area (Å²) in [5.74, 6) is 1.04. The molecule has 3 aromatic rings. The summed E-state index contributed by atoms with van der Waals surface area (Å²) in [5, 5.41) is 11.0. The maximum absolute atomic E-state index is 12.1. The van der Waals surface area contributed by atoms with Crippen molar-refractivity contribution < 1.29 is 14.3 Å². The normalized spacial score (nSPS) is 15.3. The second-order valence-corrected chi connectivity index (χ2v) is 7.74. The molecule has 0 unspecified atom stereocenters. The summed E-state index contributed by atoms with van der Waals surface area (Å²) in [6.45, 7) is 6.48. The van der Waals surface area contributed by atoms with Crippen LogP contribution in [-0.4, -0.2) is 43.3 Å². The Morgan fingerprint density at radius 1 is 1.03 bits per heavy atom. The summed E-state index contributed by atoms with van der Waals surface area (Å²) in [6, 6.07) is 13.3. The first kappa shape index (κ1) is 20.3. The minimum atomic E-state index is -0.379. The molecule has 1 fully saturated rings. The summed E-state index contributed by atoms with van der Waals surface area (Å²) in [6.07, 6.45) is 1.77. The van der Waals surface area contributed by atoms with E-state index < -0.39 is 0 Å². The van der Waals surface area contributed by atoms with Crippen LogP contribution >= 0.6 is 0 Å². The molecular formula is C24H28N2O4. The number of phenols is 1. The third kappa shape index (κ3) is 4.28. The molecule has 158 valence electrons. The van der Waals surface area contributed by atoms with Crippen molar-refractivity contribution >= 4 is 16.7 Å². The lowest BCUT2D eigenvalue weighted by atomic mass is 10.0. The fourth-order valence-corrected chi connectivity index (χ4v) is 4.14. The molecule has 1 aliphatic heterocycles. The van der Waals surface area contributed by atoms with E-state index in [9.17, 15) is 9.90 Å². The van der Waals surface area contributed by atoms with Gasteiger partial charge in [-0.1, -0.05) is 6.92 Å². The fraction of sp³-hybridized carbons (Fsp3) is 0.375. The molecule has 0 aliphatic carbocycles. The maximum atomic E-state index is 12.1. The first-order valence-electron chi connectivity index (χ1n) is 10.5. The number of aryl methyl sites for hydroxylation is 1. The topological polar surface area (TPSA) is 66.2 Å². The van der Waals surface area contributed by atoms with Crippen molar-refractivity contribution in [1.82, 2.24) is 4.90 Å². The summed E-state index contributed by atoms with van der Waals surface area (Å²) >= 11 is 0. The van der Waals surface area contributed by atoms with Gasteiger partial charge in [-0.25, -0.2) is 4.79 Å². The Bertz CT molecular complexity index is 1070. The molecule has 2 aromatic carbocycles. The third-order valence-electron chi connectivity index (χ3n) is 5.83. The van der Waals surface area contributed by atoms with Crippen LogP contribution in [0, 0.1) is 0 Å². The van der Waals surface area contributed by atoms with Crippen LogP contribution < -0.4 is 15.3 Å². The minimum Gasteiger partial charge on any atom is -0.508 e. The van der Waals surface area contributed by atoms with Crippen molar-refractivity contribution in [3.63, 3.8) is 0 Å². The summed E-state index contributed by atoms with van der Waals surface area (Å²) < 4.78 is 10.6. The predicted octanol–water partition coefficient (Wildman–Crippen LogP) is 3.78.